The number of hydrogen-bond donors (Lipinski definition) is 0. The van der Waals surface area contributed by atoms with Crippen LogP contribution in [0.3, 0.4) is 0 Å². The zero-order chi connectivity index (χ0) is 22.2. The molecular weight excluding hydrogens is 436 g/mol. The van der Waals surface area contributed by atoms with Crippen molar-refractivity contribution >= 4 is 33.3 Å². The molecule has 1 amide bonds. The first-order chi connectivity index (χ1) is 14.7. The molecule has 1 aliphatic heterocycles. The molecule has 2 aliphatic rings. The molecule has 2 aromatic rings. The van der Waals surface area contributed by atoms with Gasteiger partial charge in [0.05, 0.1) is 10.3 Å². The summed E-state index contributed by atoms with van der Waals surface area (Å²) >= 11 is 6.01. The van der Waals surface area contributed by atoms with Crippen LogP contribution in [-0.4, -0.2) is 55.5 Å². The topological polar surface area (TPSA) is 74.8 Å². The van der Waals surface area contributed by atoms with Gasteiger partial charge in [0.15, 0.2) is 5.78 Å². The standard InChI is InChI=1S/C23H25ClN2O4S/c1-17(27)18-4-2-5-21(16-18)31(29,30)26-14-12-25(13-15-26)22(28)23(10-3-11-23)19-6-8-20(24)9-7-19/h2,4-9,16H,3,10-15H2,1H3. The van der Waals surface area contributed by atoms with Crippen molar-refractivity contribution in [1.82, 2.24) is 9.21 Å². The lowest BCUT2D eigenvalue weighted by molar-refractivity contribution is -0.142. The molecule has 4 rings (SSSR count). The maximum atomic E-state index is 13.4. The van der Waals surface area contributed by atoms with E-state index in [0.717, 1.165) is 24.8 Å². The summed E-state index contributed by atoms with van der Waals surface area (Å²) < 4.78 is 27.5. The molecule has 0 unspecified atom stereocenters. The van der Waals surface area contributed by atoms with E-state index in [4.69, 9.17) is 11.6 Å². The summed E-state index contributed by atoms with van der Waals surface area (Å²) in [5.41, 5.74) is 0.815. The number of piperazine rings is 1. The van der Waals surface area contributed by atoms with Crippen molar-refractivity contribution < 1.29 is 18.0 Å². The highest BCUT2D eigenvalue weighted by Crippen LogP contribution is 2.45. The van der Waals surface area contributed by atoms with Gasteiger partial charge in [-0.25, -0.2) is 8.42 Å². The average molecular weight is 461 g/mol. The number of nitrogens with zero attached hydrogens (tertiary/aromatic N) is 2. The molecule has 1 aliphatic carbocycles. The predicted molar refractivity (Wildman–Crippen MR) is 119 cm³/mol. The van der Waals surface area contributed by atoms with Crippen LogP contribution in [0.15, 0.2) is 53.4 Å². The van der Waals surface area contributed by atoms with Crippen molar-refractivity contribution in [2.75, 3.05) is 26.2 Å². The second kappa shape index (κ2) is 8.37. The van der Waals surface area contributed by atoms with E-state index in [-0.39, 0.29) is 29.7 Å². The molecule has 0 aromatic heterocycles. The van der Waals surface area contributed by atoms with E-state index in [1.54, 1.807) is 17.0 Å². The number of ketones is 1. The van der Waals surface area contributed by atoms with Crippen molar-refractivity contribution in [3.8, 4) is 0 Å². The van der Waals surface area contributed by atoms with Gasteiger partial charge in [0.2, 0.25) is 15.9 Å². The Kier molecular flexibility index (Phi) is 5.94. The fourth-order valence-corrected chi connectivity index (χ4v) is 5.98. The first-order valence-electron chi connectivity index (χ1n) is 10.4. The zero-order valence-electron chi connectivity index (χ0n) is 17.4. The molecule has 6 nitrogen and oxygen atoms in total. The van der Waals surface area contributed by atoms with Crippen molar-refractivity contribution in [1.29, 1.82) is 0 Å². The van der Waals surface area contributed by atoms with Gasteiger partial charge >= 0.3 is 0 Å². The second-order valence-corrected chi connectivity index (χ2v) is 10.6. The Morgan fingerprint density at radius 3 is 2.16 bits per heavy atom. The third-order valence-corrected chi connectivity index (χ3v) is 8.56. The van der Waals surface area contributed by atoms with Crippen molar-refractivity contribution in [3.05, 3.63) is 64.7 Å². The van der Waals surface area contributed by atoms with E-state index in [1.165, 1.54) is 23.4 Å². The van der Waals surface area contributed by atoms with E-state index < -0.39 is 15.4 Å². The van der Waals surface area contributed by atoms with Gasteiger partial charge in [-0.15, -0.1) is 0 Å². The van der Waals surface area contributed by atoms with Gasteiger partial charge in [-0.3, -0.25) is 9.59 Å². The van der Waals surface area contributed by atoms with E-state index in [9.17, 15) is 18.0 Å². The molecule has 0 N–H and O–H groups in total. The summed E-state index contributed by atoms with van der Waals surface area (Å²) in [7, 11) is -3.72. The molecule has 31 heavy (non-hydrogen) atoms. The molecule has 2 fully saturated rings. The fraction of sp³-hybridized carbons (Fsp3) is 0.391. The lowest BCUT2D eigenvalue weighted by atomic mass is 9.63. The van der Waals surface area contributed by atoms with Gasteiger partial charge in [0.1, 0.15) is 0 Å². The predicted octanol–water partition coefficient (Wildman–Crippen LogP) is 3.50. The van der Waals surface area contributed by atoms with Crippen LogP contribution in [0.5, 0.6) is 0 Å². The number of rotatable bonds is 5. The van der Waals surface area contributed by atoms with Crippen LogP contribution in [0, 0.1) is 0 Å². The normalized spacial score (nSPS) is 19.0. The highest BCUT2D eigenvalue weighted by molar-refractivity contribution is 7.89. The minimum atomic E-state index is -3.72. The van der Waals surface area contributed by atoms with Crippen molar-refractivity contribution in [2.24, 2.45) is 0 Å². The van der Waals surface area contributed by atoms with Gasteiger partial charge in [0, 0.05) is 36.8 Å². The Hall–Kier alpha value is -2.22. The van der Waals surface area contributed by atoms with E-state index in [1.807, 2.05) is 24.3 Å². The quantitative estimate of drug-likeness (QED) is 0.640. The van der Waals surface area contributed by atoms with E-state index in [0.29, 0.717) is 23.7 Å². The van der Waals surface area contributed by atoms with Gasteiger partial charge in [-0.2, -0.15) is 4.31 Å². The number of carbonyl (C=O) groups is 2. The Bertz CT molecular complexity index is 1100. The number of carbonyl (C=O) groups excluding carboxylic acids is 2. The maximum absolute atomic E-state index is 13.4. The molecule has 1 saturated carbocycles. The van der Waals surface area contributed by atoms with E-state index in [2.05, 4.69) is 0 Å². The van der Waals surface area contributed by atoms with Crippen LogP contribution in [-0.2, 0) is 20.2 Å². The lowest BCUT2D eigenvalue weighted by Gasteiger charge is -2.46. The minimum Gasteiger partial charge on any atom is -0.339 e. The summed E-state index contributed by atoms with van der Waals surface area (Å²) in [6.45, 7) is 2.57. The Morgan fingerprint density at radius 1 is 0.968 bits per heavy atom. The highest BCUT2D eigenvalue weighted by atomic mass is 35.5. The fourth-order valence-electron chi connectivity index (χ4n) is 4.38. The molecule has 0 bridgehead atoms. The molecule has 2 aromatic carbocycles. The second-order valence-electron chi connectivity index (χ2n) is 8.22. The molecule has 0 atom stereocenters. The number of benzene rings is 2. The van der Waals surface area contributed by atoms with Gasteiger partial charge in [-0.05, 0) is 49.6 Å². The zero-order valence-corrected chi connectivity index (χ0v) is 19.0. The third kappa shape index (κ3) is 4.02. The SMILES string of the molecule is CC(=O)c1cccc(S(=O)(=O)N2CCN(C(=O)C3(c4ccc(Cl)cc4)CCC3)CC2)c1. The number of halogens is 1. The third-order valence-electron chi connectivity index (χ3n) is 6.42. The summed E-state index contributed by atoms with van der Waals surface area (Å²) in [5.74, 6) is -0.114. The smallest absolute Gasteiger partial charge is 0.243 e. The first kappa shape index (κ1) is 22.0. The Labute approximate surface area is 187 Å². The van der Waals surface area contributed by atoms with Gasteiger partial charge < -0.3 is 4.90 Å². The van der Waals surface area contributed by atoms with Gasteiger partial charge in [-0.1, -0.05) is 42.3 Å². The largest absolute Gasteiger partial charge is 0.339 e. The summed E-state index contributed by atoms with van der Waals surface area (Å²) in [4.78, 5) is 26.9. The minimum absolute atomic E-state index is 0.0664. The molecule has 1 saturated heterocycles. The monoisotopic (exact) mass is 460 g/mol. The van der Waals surface area contributed by atoms with Gasteiger partial charge in [0.25, 0.3) is 0 Å². The van der Waals surface area contributed by atoms with Crippen LogP contribution in [0.2, 0.25) is 5.02 Å². The van der Waals surface area contributed by atoms with Crippen LogP contribution in [0.4, 0.5) is 0 Å². The molecule has 164 valence electrons. The Morgan fingerprint density at radius 2 is 1.61 bits per heavy atom. The van der Waals surface area contributed by atoms with Crippen LogP contribution in [0.25, 0.3) is 0 Å². The van der Waals surface area contributed by atoms with Crippen molar-refractivity contribution in [2.45, 2.75) is 36.5 Å². The number of sulfonamides is 1. The molecule has 1 heterocycles. The first-order valence-corrected chi connectivity index (χ1v) is 12.2. The summed E-state index contributed by atoms with van der Waals surface area (Å²) in [6, 6.07) is 13.6. The number of hydrogen-bond acceptors (Lipinski definition) is 4. The van der Waals surface area contributed by atoms with Crippen LogP contribution < -0.4 is 0 Å². The van der Waals surface area contributed by atoms with Crippen molar-refractivity contribution in [3.63, 3.8) is 0 Å². The highest BCUT2D eigenvalue weighted by Gasteiger charge is 2.48. The lowest BCUT2D eigenvalue weighted by Crippen LogP contribution is -2.57. The Balaban J connectivity index is 1.48. The maximum Gasteiger partial charge on any atom is 0.243 e. The summed E-state index contributed by atoms with van der Waals surface area (Å²) in [5, 5.41) is 0.637. The average Bonchev–Trinajstić information content (AvgIpc) is 2.74. The molecule has 8 heteroatoms. The summed E-state index contributed by atoms with van der Waals surface area (Å²) in [6.07, 6.45) is 2.59. The van der Waals surface area contributed by atoms with Crippen LogP contribution in [0.1, 0.15) is 42.1 Å². The number of Topliss-reactive ketones (excluding diaryl/α,β-unsaturated/α-hetero) is 1. The number of amides is 1. The molecule has 0 spiro atoms. The molecular formula is C23H25ClN2O4S. The van der Waals surface area contributed by atoms with E-state index >= 15 is 0 Å². The van der Waals surface area contributed by atoms with Crippen LogP contribution >= 0.6 is 11.6 Å². The molecule has 0 radical (unpaired) electrons.